The van der Waals surface area contributed by atoms with E-state index in [1.54, 1.807) is 0 Å². The Balaban J connectivity index is 1.09. The lowest BCUT2D eigenvalue weighted by Gasteiger charge is -2.50. The van der Waals surface area contributed by atoms with Crippen molar-refractivity contribution in [1.82, 2.24) is 20.1 Å². The molecule has 1 saturated carbocycles. The number of piperazine rings is 1. The van der Waals surface area contributed by atoms with Gasteiger partial charge in [-0.25, -0.2) is 0 Å². The lowest BCUT2D eigenvalue weighted by molar-refractivity contribution is -0.156. The molecule has 4 aliphatic rings. The Bertz CT molecular complexity index is 1240. The summed E-state index contributed by atoms with van der Waals surface area (Å²) in [6.45, 7) is 5.61. The molecule has 3 atom stereocenters. The van der Waals surface area contributed by atoms with Crippen molar-refractivity contribution in [3.8, 4) is 0 Å². The second-order valence-electron chi connectivity index (χ2n) is 11.2. The number of amides is 2. The number of halogens is 1. The molecule has 206 valence electrons. The third-order valence-electron chi connectivity index (χ3n) is 8.69. The van der Waals surface area contributed by atoms with Crippen LogP contribution in [0.4, 0.5) is 5.69 Å². The average Bonchev–Trinajstić information content (AvgIpc) is 3.39. The first-order valence-electron chi connectivity index (χ1n) is 14.2. The van der Waals surface area contributed by atoms with Crippen LogP contribution in [0.3, 0.4) is 0 Å². The number of fused-ring (bicyclic) bond motifs is 3. The Morgan fingerprint density at radius 2 is 1.82 bits per heavy atom. The summed E-state index contributed by atoms with van der Waals surface area (Å²) in [5.74, 6) is 1.28. The van der Waals surface area contributed by atoms with Gasteiger partial charge in [0.25, 0.3) is 0 Å². The predicted molar refractivity (Wildman–Crippen MR) is 153 cm³/mol. The van der Waals surface area contributed by atoms with Crippen LogP contribution in [0.1, 0.15) is 49.7 Å². The van der Waals surface area contributed by atoms with Crippen molar-refractivity contribution in [3.63, 3.8) is 0 Å². The Labute approximate surface area is 235 Å². The maximum Gasteiger partial charge on any atom is 0.231 e. The molecule has 1 aliphatic carbocycles. The predicted octanol–water partition coefficient (Wildman–Crippen LogP) is 4.18. The van der Waals surface area contributed by atoms with Gasteiger partial charge in [0, 0.05) is 62.3 Å². The third kappa shape index (κ3) is 5.31. The first kappa shape index (κ1) is 26.0. The number of hydrogen-bond donors (Lipinski definition) is 1. The van der Waals surface area contributed by atoms with E-state index in [1.165, 1.54) is 5.56 Å². The maximum atomic E-state index is 13.6. The van der Waals surface area contributed by atoms with E-state index < -0.39 is 0 Å². The molecule has 1 N–H and O–H groups in total. The van der Waals surface area contributed by atoms with Gasteiger partial charge in [-0.3, -0.25) is 19.9 Å². The van der Waals surface area contributed by atoms with Crippen LogP contribution >= 0.6 is 11.6 Å². The van der Waals surface area contributed by atoms with E-state index in [0.717, 1.165) is 60.9 Å². The molecule has 0 radical (unpaired) electrons. The van der Waals surface area contributed by atoms with Crippen LogP contribution in [0, 0.1) is 12.8 Å². The minimum absolute atomic E-state index is 0.0131. The fraction of sp³-hybridized carbons (Fsp3) is 0.500. The van der Waals surface area contributed by atoms with Crippen molar-refractivity contribution in [2.75, 3.05) is 31.1 Å². The highest BCUT2D eigenvalue weighted by Crippen LogP contribution is 2.38. The fourth-order valence-corrected chi connectivity index (χ4v) is 6.74. The Hall–Kier alpha value is -3.26. The molecular weight excluding hydrogens is 512 g/mol. The van der Waals surface area contributed by atoms with E-state index in [9.17, 15) is 9.59 Å². The van der Waals surface area contributed by atoms with Gasteiger partial charge in [-0.15, -0.1) is 0 Å². The molecule has 6 rings (SSSR count). The van der Waals surface area contributed by atoms with Crippen molar-refractivity contribution in [2.45, 2.75) is 64.3 Å². The zero-order valence-electron chi connectivity index (χ0n) is 22.6. The number of hydrogen-bond acceptors (Lipinski definition) is 6. The number of anilines is 1. The molecule has 0 aromatic heterocycles. The van der Waals surface area contributed by atoms with Gasteiger partial charge in [0.05, 0.1) is 5.92 Å². The van der Waals surface area contributed by atoms with E-state index in [2.05, 4.69) is 52.5 Å². The summed E-state index contributed by atoms with van der Waals surface area (Å²) in [4.78, 5) is 35.4. The summed E-state index contributed by atoms with van der Waals surface area (Å²) in [5, 5.41) is 5.42. The number of nitrogens with one attached hydrogen (secondary N) is 1. The number of benzene rings is 2. The summed E-state index contributed by atoms with van der Waals surface area (Å²) >= 11 is 6.17. The summed E-state index contributed by atoms with van der Waals surface area (Å²) in [6.07, 6.45) is 4.83. The summed E-state index contributed by atoms with van der Waals surface area (Å²) < 4.78 is 0. The van der Waals surface area contributed by atoms with Crippen molar-refractivity contribution in [3.05, 3.63) is 64.7 Å². The monoisotopic (exact) mass is 548 g/mol. The van der Waals surface area contributed by atoms with Gasteiger partial charge in [0.2, 0.25) is 11.8 Å². The zero-order chi connectivity index (χ0) is 26.9. The van der Waals surface area contributed by atoms with Crippen LogP contribution in [0.25, 0.3) is 0 Å². The van der Waals surface area contributed by atoms with Crippen LogP contribution in [-0.4, -0.2) is 70.9 Å². The van der Waals surface area contributed by atoms with Gasteiger partial charge >= 0.3 is 0 Å². The van der Waals surface area contributed by atoms with Gasteiger partial charge in [0.15, 0.2) is 6.29 Å². The van der Waals surface area contributed by atoms with Gasteiger partial charge in [-0.1, -0.05) is 60.3 Å². The second kappa shape index (κ2) is 11.1. The minimum Gasteiger partial charge on any atom is -0.368 e. The first-order chi connectivity index (χ1) is 19.0. The Morgan fingerprint density at radius 1 is 1.05 bits per heavy atom. The van der Waals surface area contributed by atoms with Gasteiger partial charge < -0.3 is 14.7 Å². The number of amidine groups is 1. The molecule has 8 nitrogen and oxygen atoms in total. The van der Waals surface area contributed by atoms with Crippen molar-refractivity contribution < 1.29 is 9.59 Å². The van der Waals surface area contributed by atoms with Gasteiger partial charge in [0.1, 0.15) is 5.84 Å². The number of aryl methyl sites for hydroxylation is 1. The third-order valence-corrected chi connectivity index (χ3v) is 8.93. The van der Waals surface area contributed by atoms with E-state index >= 15 is 0 Å². The van der Waals surface area contributed by atoms with Crippen LogP contribution in [0.15, 0.2) is 53.6 Å². The molecule has 9 heteroatoms. The van der Waals surface area contributed by atoms with E-state index in [-0.39, 0.29) is 30.1 Å². The lowest BCUT2D eigenvalue weighted by atomic mass is 9.80. The lowest BCUT2D eigenvalue weighted by Crippen LogP contribution is -2.67. The summed E-state index contributed by atoms with van der Waals surface area (Å²) in [7, 11) is 0. The summed E-state index contributed by atoms with van der Waals surface area (Å²) in [6, 6.07) is 16.4. The highest BCUT2D eigenvalue weighted by atomic mass is 35.5. The molecule has 3 unspecified atom stereocenters. The van der Waals surface area contributed by atoms with Crippen molar-refractivity contribution >= 4 is 34.9 Å². The molecule has 3 heterocycles. The second-order valence-corrected chi connectivity index (χ2v) is 11.6. The molecule has 2 aromatic carbocycles. The van der Waals surface area contributed by atoms with Crippen molar-refractivity contribution in [2.24, 2.45) is 11.0 Å². The summed E-state index contributed by atoms with van der Waals surface area (Å²) in [5.41, 5.74) is 6.69. The van der Waals surface area contributed by atoms with E-state index in [4.69, 9.17) is 16.7 Å². The quantitative estimate of drug-likeness (QED) is 0.586. The van der Waals surface area contributed by atoms with Crippen LogP contribution in [-0.2, 0) is 16.1 Å². The minimum atomic E-state index is -0.288. The molecule has 39 heavy (non-hydrogen) atoms. The number of carbonyl (C=O) groups is 2. The van der Waals surface area contributed by atoms with Crippen LogP contribution in [0.5, 0.6) is 0 Å². The van der Waals surface area contributed by atoms with E-state index in [1.807, 2.05) is 28.0 Å². The molecule has 0 spiro atoms. The molecule has 0 bridgehead atoms. The number of hydrazone groups is 1. The average molecular weight is 549 g/mol. The number of nitrogens with zero attached hydrogens (tertiary/aromatic N) is 5. The maximum absolute atomic E-state index is 13.6. The topological polar surface area (TPSA) is 71.5 Å². The van der Waals surface area contributed by atoms with Crippen molar-refractivity contribution in [1.29, 1.82) is 0 Å². The van der Waals surface area contributed by atoms with E-state index in [0.29, 0.717) is 32.5 Å². The number of carbonyl (C=O) groups excluding carboxylic acids is 2. The fourth-order valence-electron chi connectivity index (χ4n) is 6.56. The SMILES string of the molecule is Cc1ccc(CN2C(=O)C3CCCCC3N3C(CCC(=O)N4CCN(c5cccc(Cl)c5)CC4)=NNC23)cc1. The molecule has 3 fully saturated rings. The van der Waals surface area contributed by atoms with Gasteiger partial charge in [-0.2, -0.15) is 5.10 Å². The number of rotatable bonds is 6. The highest BCUT2D eigenvalue weighted by Gasteiger charge is 2.50. The Morgan fingerprint density at radius 3 is 2.59 bits per heavy atom. The molecule has 3 aliphatic heterocycles. The highest BCUT2D eigenvalue weighted by molar-refractivity contribution is 6.30. The normalized spacial score (nSPS) is 24.7. The van der Waals surface area contributed by atoms with Gasteiger partial charge in [-0.05, 0) is 43.5 Å². The first-order valence-corrected chi connectivity index (χ1v) is 14.6. The smallest absolute Gasteiger partial charge is 0.231 e. The van der Waals surface area contributed by atoms with Crippen LogP contribution < -0.4 is 10.3 Å². The molecular formula is C30H37ClN6O2. The molecule has 2 aromatic rings. The molecule has 2 amide bonds. The molecule has 2 saturated heterocycles. The standard InChI is InChI=1S/C30H37ClN6O2/c1-21-9-11-22(12-10-21)20-36-29(39)25-7-2-3-8-26(25)37-27(32-33-30(36)37)13-14-28(38)35-17-15-34(16-18-35)24-6-4-5-23(31)19-24/h4-6,9-12,19,25-26,30,33H,2-3,7-8,13-18,20H2,1H3. The Kier molecular flexibility index (Phi) is 7.38. The largest absolute Gasteiger partial charge is 0.368 e. The zero-order valence-corrected chi connectivity index (χ0v) is 23.3. The van der Waals surface area contributed by atoms with Crippen LogP contribution in [0.2, 0.25) is 5.02 Å².